The highest BCUT2D eigenvalue weighted by molar-refractivity contribution is 7.10. The third-order valence-corrected chi connectivity index (χ3v) is 6.28. The summed E-state index contributed by atoms with van der Waals surface area (Å²) in [6.45, 7) is 5.44. The third kappa shape index (κ3) is 3.64. The number of rotatable bonds is 5. The van der Waals surface area contributed by atoms with E-state index >= 15 is 0 Å². The molecule has 3 aromatic heterocycles. The zero-order valence-electron chi connectivity index (χ0n) is 15.6. The van der Waals surface area contributed by atoms with Gasteiger partial charge in [-0.2, -0.15) is 0 Å². The van der Waals surface area contributed by atoms with Crippen LogP contribution in [0.25, 0.3) is 6.08 Å². The predicted octanol–water partition coefficient (Wildman–Crippen LogP) is 2.42. The van der Waals surface area contributed by atoms with E-state index in [0.717, 1.165) is 10.4 Å². The standard InChI is InChI=1S/C21H17N3O3S2/c1-3-9-27-20(26)17-13(2)23-21-24(18(17)15-7-5-10-28-15)19(25)16(29-21)11-14-6-4-8-22-12-14/h3-8,10-12,18H,1,9H2,2H3. The molecule has 0 bridgehead atoms. The Bertz CT molecular complexity index is 1270. The van der Waals surface area contributed by atoms with Gasteiger partial charge in [0, 0.05) is 17.3 Å². The number of nitrogens with zero attached hydrogens (tertiary/aromatic N) is 3. The van der Waals surface area contributed by atoms with E-state index < -0.39 is 12.0 Å². The Labute approximate surface area is 174 Å². The van der Waals surface area contributed by atoms with Crippen LogP contribution in [0.5, 0.6) is 0 Å². The highest BCUT2D eigenvalue weighted by Crippen LogP contribution is 2.33. The Hall–Kier alpha value is -3.10. The summed E-state index contributed by atoms with van der Waals surface area (Å²) in [4.78, 5) is 36.1. The van der Waals surface area contributed by atoms with E-state index in [1.807, 2.05) is 29.6 Å². The molecule has 29 heavy (non-hydrogen) atoms. The van der Waals surface area contributed by atoms with Crippen molar-refractivity contribution in [3.8, 4) is 0 Å². The lowest BCUT2D eigenvalue weighted by Gasteiger charge is -2.23. The number of thiazole rings is 1. The molecular formula is C21H17N3O3S2. The maximum Gasteiger partial charge on any atom is 0.338 e. The fourth-order valence-electron chi connectivity index (χ4n) is 3.12. The summed E-state index contributed by atoms with van der Waals surface area (Å²) in [5.41, 5.74) is 1.55. The van der Waals surface area contributed by atoms with E-state index in [1.54, 1.807) is 30.0 Å². The Morgan fingerprint density at radius 2 is 2.24 bits per heavy atom. The van der Waals surface area contributed by atoms with Crippen LogP contribution in [0.2, 0.25) is 0 Å². The number of carbonyl (C=O) groups excluding carboxylic acids is 1. The molecule has 0 radical (unpaired) electrons. The molecule has 1 unspecified atom stereocenters. The van der Waals surface area contributed by atoms with Crippen LogP contribution >= 0.6 is 22.7 Å². The largest absolute Gasteiger partial charge is 0.458 e. The van der Waals surface area contributed by atoms with Crippen LogP contribution in [0.15, 0.2) is 75.8 Å². The van der Waals surface area contributed by atoms with E-state index in [2.05, 4.69) is 16.6 Å². The molecule has 6 nitrogen and oxygen atoms in total. The van der Waals surface area contributed by atoms with E-state index in [4.69, 9.17) is 4.74 Å². The van der Waals surface area contributed by atoms with Gasteiger partial charge in [0.05, 0.1) is 15.8 Å². The van der Waals surface area contributed by atoms with Crippen molar-refractivity contribution in [2.45, 2.75) is 13.0 Å². The zero-order valence-corrected chi connectivity index (χ0v) is 17.2. The lowest BCUT2D eigenvalue weighted by molar-refractivity contribution is -0.138. The lowest BCUT2D eigenvalue weighted by Crippen LogP contribution is -2.39. The number of thiophene rings is 1. The van der Waals surface area contributed by atoms with Gasteiger partial charge in [-0.15, -0.1) is 11.3 Å². The van der Waals surface area contributed by atoms with Crippen molar-refractivity contribution in [3.63, 3.8) is 0 Å². The summed E-state index contributed by atoms with van der Waals surface area (Å²) < 4.78 is 7.40. The second-order valence-corrected chi connectivity index (χ2v) is 8.26. The first kappa shape index (κ1) is 19.2. The molecule has 0 fully saturated rings. The smallest absolute Gasteiger partial charge is 0.338 e. The summed E-state index contributed by atoms with van der Waals surface area (Å²) in [5, 5.41) is 1.92. The molecule has 0 saturated carbocycles. The normalized spacial score (nSPS) is 16.3. The molecule has 8 heteroatoms. The van der Waals surface area contributed by atoms with E-state index in [-0.39, 0.29) is 12.2 Å². The molecule has 0 aromatic carbocycles. The molecule has 1 aliphatic rings. The summed E-state index contributed by atoms with van der Waals surface area (Å²) >= 11 is 2.78. The van der Waals surface area contributed by atoms with Crippen molar-refractivity contribution in [1.29, 1.82) is 0 Å². The van der Waals surface area contributed by atoms with Crippen LogP contribution in [0, 0.1) is 0 Å². The maximum absolute atomic E-state index is 13.3. The number of fused-ring (bicyclic) bond motifs is 1. The number of hydrogen-bond donors (Lipinski definition) is 0. The van der Waals surface area contributed by atoms with Gasteiger partial charge in [-0.1, -0.05) is 36.1 Å². The Kier molecular flexibility index (Phi) is 5.37. The topological polar surface area (TPSA) is 73.6 Å². The molecule has 0 amide bonds. The summed E-state index contributed by atoms with van der Waals surface area (Å²) in [6.07, 6.45) is 6.67. The molecule has 0 N–H and O–H groups in total. The molecule has 0 aliphatic carbocycles. The lowest BCUT2D eigenvalue weighted by atomic mass is 10.0. The number of ether oxygens (including phenoxy) is 1. The molecule has 4 rings (SSSR count). The van der Waals surface area contributed by atoms with Gasteiger partial charge in [0.1, 0.15) is 12.6 Å². The fourth-order valence-corrected chi connectivity index (χ4v) is 4.99. The molecular weight excluding hydrogens is 406 g/mol. The molecule has 0 spiro atoms. The highest BCUT2D eigenvalue weighted by atomic mass is 32.1. The summed E-state index contributed by atoms with van der Waals surface area (Å²) in [7, 11) is 0. The number of esters is 1. The minimum absolute atomic E-state index is 0.0954. The van der Waals surface area contributed by atoms with Crippen LogP contribution in [-0.2, 0) is 9.53 Å². The third-order valence-electron chi connectivity index (χ3n) is 4.37. The number of aromatic nitrogens is 2. The minimum atomic E-state index is -0.570. The quantitative estimate of drug-likeness (QED) is 0.467. The van der Waals surface area contributed by atoms with Crippen molar-refractivity contribution in [2.75, 3.05) is 6.61 Å². The molecule has 3 aromatic rings. The summed E-state index contributed by atoms with van der Waals surface area (Å²) in [6, 6.07) is 6.93. The van der Waals surface area contributed by atoms with Gasteiger partial charge in [-0.3, -0.25) is 14.3 Å². The van der Waals surface area contributed by atoms with Crippen LogP contribution in [-0.4, -0.2) is 22.1 Å². The van der Waals surface area contributed by atoms with Crippen LogP contribution in [0.4, 0.5) is 0 Å². The van der Waals surface area contributed by atoms with Gasteiger partial charge in [0.2, 0.25) is 0 Å². The first-order chi connectivity index (χ1) is 14.1. The maximum atomic E-state index is 13.3. The second-order valence-electron chi connectivity index (χ2n) is 6.27. The summed E-state index contributed by atoms with van der Waals surface area (Å²) in [5.74, 6) is -0.494. The van der Waals surface area contributed by atoms with E-state index in [9.17, 15) is 9.59 Å². The Balaban J connectivity index is 1.92. The van der Waals surface area contributed by atoms with E-state index in [1.165, 1.54) is 28.7 Å². The molecule has 146 valence electrons. The number of hydrogen-bond acceptors (Lipinski definition) is 7. The van der Waals surface area contributed by atoms with Crippen molar-refractivity contribution >= 4 is 34.7 Å². The van der Waals surface area contributed by atoms with Crippen molar-refractivity contribution < 1.29 is 9.53 Å². The molecule has 0 saturated heterocycles. The molecule has 1 atom stereocenters. The average molecular weight is 424 g/mol. The monoisotopic (exact) mass is 423 g/mol. The van der Waals surface area contributed by atoms with Crippen molar-refractivity contribution in [1.82, 2.24) is 9.55 Å². The Morgan fingerprint density at radius 1 is 1.38 bits per heavy atom. The highest BCUT2D eigenvalue weighted by Gasteiger charge is 2.33. The van der Waals surface area contributed by atoms with Gasteiger partial charge in [-0.05, 0) is 36.1 Å². The fraction of sp³-hybridized carbons (Fsp3) is 0.143. The molecule has 1 aliphatic heterocycles. The second kappa shape index (κ2) is 8.10. The van der Waals surface area contributed by atoms with E-state index in [0.29, 0.717) is 20.6 Å². The van der Waals surface area contributed by atoms with Gasteiger partial charge < -0.3 is 4.74 Å². The minimum Gasteiger partial charge on any atom is -0.458 e. The van der Waals surface area contributed by atoms with Crippen LogP contribution in [0.3, 0.4) is 0 Å². The van der Waals surface area contributed by atoms with Gasteiger partial charge >= 0.3 is 5.97 Å². The number of carbonyl (C=O) groups is 1. The van der Waals surface area contributed by atoms with Crippen molar-refractivity contribution in [3.05, 3.63) is 96.1 Å². The molecule has 4 heterocycles. The van der Waals surface area contributed by atoms with Gasteiger partial charge in [0.25, 0.3) is 5.56 Å². The zero-order chi connectivity index (χ0) is 20.4. The Morgan fingerprint density at radius 3 is 2.93 bits per heavy atom. The first-order valence-electron chi connectivity index (χ1n) is 8.84. The SMILES string of the molecule is C=CCOC(=O)C1=C(C)N=c2sc(=Cc3cccnc3)c(=O)n2C1c1cccs1. The van der Waals surface area contributed by atoms with Gasteiger partial charge in [-0.25, -0.2) is 9.79 Å². The van der Waals surface area contributed by atoms with Gasteiger partial charge in [0.15, 0.2) is 4.80 Å². The number of allylic oxidation sites excluding steroid dienone is 1. The van der Waals surface area contributed by atoms with Crippen LogP contribution < -0.4 is 14.9 Å². The predicted molar refractivity (Wildman–Crippen MR) is 113 cm³/mol. The number of pyridine rings is 1. The first-order valence-corrected chi connectivity index (χ1v) is 10.5. The average Bonchev–Trinajstić information content (AvgIpc) is 3.35. The van der Waals surface area contributed by atoms with Crippen molar-refractivity contribution in [2.24, 2.45) is 4.99 Å². The van der Waals surface area contributed by atoms with Crippen LogP contribution in [0.1, 0.15) is 23.4 Å².